The molecule has 16 N–H and O–H groups in total. The van der Waals surface area contributed by atoms with Crippen molar-refractivity contribution in [2.75, 3.05) is 26.4 Å². The van der Waals surface area contributed by atoms with Crippen LogP contribution < -0.4 is 10.6 Å². The summed E-state index contributed by atoms with van der Waals surface area (Å²) < 4.78 is 50.5. The predicted molar refractivity (Wildman–Crippen MR) is 188 cm³/mol. The van der Waals surface area contributed by atoms with Crippen LogP contribution >= 0.6 is 0 Å². The molecular formula is C34H58N2O25. The number of rotatable bonds is 14. The molecule has 0 saturated carbocycles. The third kappa shape index (κ3) is 10.9. The van der Waals surface area contributed by atoms with E-state index in [-0.39, 0.29) is 0 Å². The number of hydrogen-bond donors (Lipinski definition) is 16. The van der Waals surface area contributed by atoms with Crippen LogP contribution in [-0.4, -0.2) is 263 Å². The van der Waals surface area contributed by atoms with E-state index in [9.17, 15) is 81.1 Å². The average molecular weight is 895 g/mol. The van der Waals surface area contributed by atoms with Crippen LogP contribution in [0.25, 0.3) is 0 Å². The molecule has 27 nitrogen and oxygen atoms in total. The Bertz CT molecular complexity index is 1420. The first-order valence-electron chi connectivity index (χ1n) is 19.4. The maximum atomic E-state index is 12.0. The molecule has 5 heterocycles. The van der Waals surface area contributed by atoms with Crippen molar-refractivity contribution in [1.29, 1.82) is 0 Å². The Kier molecular flexibility index (Phi) is 17.5. The minimum absolute atomic E-state index is 0.688. The van der Waals surface area contributed by atoms with Crippen LogP contribution in [0.3, 0.4) is 0 Å². The first-order valence-corrected chi connectivity index (χ1v) is 19.4. The van der Waals surface area contributed by atoms with Crippen LogP contribution in [-0.2, 0) is 52.2 Å². The molecule has 0 radical (unpaired) electrons. The summed E-state index contributed by atoms with van der Waals surface area (Å²) in [7, 11) is 0. The van der Waals surface area contributed by atoms with Gasteiger partial charge < -0.3 is 125 Å². The molecule has 25 atom stereocenters. The lowest BCUT2D eigenvalue weighted by molar-refractivity contribution is -0.376. The van der Waals surface area contributed by atoms with Crippen LogP contribution in [0.1, 0.15) is 20.8 Å². The molecule has 354 valence electrons. The van der Waals surface area contributed by atoms with Crippen molar-refractivity contribution in [1.82, 2.24) is 10.6 Å². The van der Waals surface area contributed by atoms with Crippen molar-refractivity contribution in [3.63, 3.8) is 0 Å². The van der Waals surface area contributed by atoms with Gasteiger partial charge in [-0.3, -0.25) is 9.59 Å². The van der Waals surface area contributed by atoms with Gasteiger partial charge in [0.1, 0.15) is 116 Å². The highest BCUT2D eigenvalue weighted by molar-refractivity contribution is 5.73. The Morgan fingerprint density at radius 3 is 1.41 bits per heavy atom. The summed E-state index contributed by atoms with van der Waals surface area (Å²) in [5.74, 6) is -1.42. The topological polar surface area (TPSA) is 424 Å². The molecule has 5 fully saturated rings. The fourth-order valence-electron chi connectivity index (χ4n) is 7.65. The molecule has 5 saturated heterocycles. The van der Waals surface area contributed by atoms with Gasteiger partial charge in [0.15, 0.2) is 31.5 Å². The zero-order valence-corrected chi connectivity index (χ0v) is 33.0. The number of hydrogen-bond acceptors (Lipinski definition) is 25. The van der Waals surface area contributed by atoms with Crippen LogP contribution in [0, 0.1) is 0 Å². The second kappa shape index (κ2) is 21.3. The summed E-state index contributed by atoms with van der Waals surface area (Å²) in [4.78, 5) is 23.9. The van der Waals surface area contributed by atoms with Gasteiger partial charge in [0.2, 0.25) is 11.8 Å². The van der Waals surface area contributed by atoms with Crippen molar-refractivity contribution in [2.24, 2.45) is 0 Å². The Morgan fingerprint density at radius 2 is 0.869 bits per heavy atom. The van der Waals surface area contributed by atoms with Gasteiger partial charge in [0.05, 0.1) is 32.5 Å². The molecule has 5 aliphatic rings. The van der Waals surface area contributed by atoms with Gasteiger partial charge in [0.25, 0.3) is 0 Å². The lowest BCUT2D eigenvalue weighted by atomic mass is 9.95. The smallest absolute Gasteiger partial charge is 0.217 e. The Morgan fingerprint density at radius 1 is 0.459 bits per heavy atom. The average Bonchev–Trinajstić information content (AvgIpc) is 3.21. The van der Waals surface area contributed by atoms with Gasteiger partial charge in [-0.05, 0) is 6.92 Å². The minimum Gasteiger partial charge on any atom is -0.394 e. The zero-order valence-electron chi connectivity index (χ0n) is 33.0. The summed E-state index contributed by atoms with van der Waals surface area (Å²) >= 11 is 0. The number of aliphatic hydroxyl groups is 14. The molecule has 0 aromatic heterocycles. The van der Waals surface area contributed by atoms with E-state index < -0.39 is 192 Å². The van der Waals surface area contributed by atoms with E-state index in [2.05, 4.69) is 10.6 Å². The number of aliphatic hydroxyl groups excluding tert-OH is 14. The Balaban J connectivity index is 1.30. The van der Waals surface area contributed by atoms with E-state index in [0.717, 1.165) is 13.8 Å². The molecule has 0 aliphatic carbocycles. The minimum atomic E-state index is -2.02. The van der Waals surface area contributed by atoms with E-state index >= 15 is 0 Å². The van der Waals surface area contributed by atoms with Gasteiger partial charge in [-0.2, -0.15) is 0 Å². The van der Waals surface area contributed by atoms with E-state index in [0.29, 0.717) is 0 Å². The molecule has 5 rings (SSSR count). The van der Waals surface area contributed by atoms with Gasteiger partial charge in [-0.1, -0.05) is 0 Å². The van der Waals surface area contributed by atoms with Gasteiger partial charge >= 0.3 is 0 Å². The predicted octanol–water partition coefficient (Wildman–Crippen LogP) is -10.6. The fraction of sp³-hybridized carbons (Fsp3) is 0.941. The van der Waals surface area contributed by atoms with E-state index in [1.54, 1.807) is 0 Å². The molecular weight excluding hydrogens is 836 g/mol. The second-order valence-electron chi connectivity index (χ2n) is 15.4. The number of ether oxygens (including phenoxy) is 9. The van der Waals surface area contributed by atoms with Crippen molar-refractivity contribution in [3.8, 4) is 0 Å². The Labute approximate surface area is 346 Å². The molecule has 0 spiro atoms. The van der Waals surface area contributed by atoms with Gasteiger partial charge in [-0.15, -0.1) is 0 Å². The highest BCUT2D eigenvalue weighted by Crippen LogP contribution is 2.34. The normalized spacial score (nSPS) is 49.6. The van der Waals surface area contributed by atoms with Crippen molar-refractivity contribution >= 4 is 11.8 Å². The molecule has 0 aromatic carbocycles. The quantitative estimate of drug-likeness (QED) is 0.0770. The van der Waals surface area contributed by atoms with Gasteiger partial charge in [0, 0.05) is 13.8 Å². The third-order valence-electron chi connectivity index (χ3n) is 11.1. The monoisotopic (exact) mass is 894 g/mol. The molecule has 27 heteroatoms. The van der Waals surface area contributed by atoms with Crippen LogP contribution in [0.5, 0.6) is 0 Å². The number of carbonyl (C=O) groups is 2. The number of amides is 2. The van der Waals surface area contributed by atoms with Gasteiger partial charge in [-0.25, -0.2) is 0 Å². The fourth-order valence-corrected chi connectivity index (χ4v) is 7.65. The maximum Gasteiger partial charge on any atom is 0.217 e. The summed E-state index contributed by atoms with van der Waals surface area (Å²) in [6.45, 7) is 0.202. The number of nitrogens with one attached hydrogen (secondary N) is 2. The first-order chi connectivity index (χ1) is 28.7. The standard InChI is InChI=1S/C34H58N2O25/c1-8-17(42)27(59-31-15(35-9(2)40)22(47)18(43)12(5-38)56-31)26(51)34(54-8)60-28-21(46)13(6-39)57-33(25(28)50)53-7-14-20(45)23(48)16(36-10(3)41)32(58-14)61-29-24(49)19(44)11(4-37)55-30(29)52/h8,11-34,37-39,42-52H,4-7H2,1-3H3,(H,35,40)(H,36,41)/t8-,11-,12-,13-,14-,15-,16-,17-,18-,19+,20-,21-,22-,23-,24+,25-,26+,27+,28+,29-,30-,31+,32+,33+,34-/m1/s1. The second-order valence-corrected chi connectivity index (χ2v) is 15.4. The summed E-state index contributed by atoms with van der Waals surface area (Å²) in [6.07, 6.45) is -40.2. The molecule has 5 aliphatic heterocycles. The lowest BCUT2D eigenvalue weighted by Crippen LogP contribution is -2.68. The molecule has 61 heavy (non-hydrogen) atoms. The zero-order chi connectivity index (χ0) is 45.2. The SMILES string of the molecule is CC(=O)N[C@H]1[C@H](O[C@@H]2[C@H](O)[C@@H](O[C@@H]3[C@@H](O)[C@@H](OC[C@H]4O[C@@H](O[C@@H]5[C@@H](O)[C@@H](O)[C@@H](CO)O[C@H]5O)[C@H](NC(C)=O)[C@@H](O)[C@@H]4O)O[C@H](CO)[C@H]3O)O[C@H](C)[C@H]2O)O[C@H](CO)[C@@H](O)[C@@H]1O. The largest absolute Gasteiger partial charge is 0.394 e. The highest BCUT2D eigenvalue weighted by atomic mass is 16.8. The van der Waals surface area contributed by atoms with Crippen LogP contribution in [0.15, 0.2) is 0 Å². The first kappa shape index (κ1) is 50.0. The van der Waals surface area contributed by atoms with E-state index in [1.165, 1.54) is 6.92 Å². The maximum absolute atomic E-state index is 12.0. The van der Waals surface area contributed by atoms with Crippen molar-refractivity contribution < 1.29 is 124 Å². The van der Waals surface area contributed by atoms with Crippen LogP contribution in [0.2, 0.25) is 0 Å². The Hall–Kier alpha value is -1.98. The van der Waals surface area contributed by atoms with E-state index in [1.807, 2.05) is 0 Å². The summed E-state index contributed by atoms with van der Waals surface area (Å²) in [5, 5.41) is 153. The molecule has 2 amide bonds. The third-order valence-corrected chi connectivity index (χ3v) is 11.1. The van der Waals surface area contributed by atoms with E-state index in [4.69, 9.17) is 42.6 Å². The lowest BCUT2D eigenvalue weighted by Gasteiger charge is -2.49. The van der Waals surface area contributed by atoms with Crippen molar-refractivity contribution in [2.45, 2.75) is 174 Å². The molecule has 0 unspecified atom stereocenters. The number of carbonyl (C=O) groups excluding carboxylic acids is 2. The summed E-state index contributed by atoms with van der Waals surface area (Å²) in [6, 6.07) is -3.05. The van der Waals surface area contributed by atoms with Crippen LogP contribution in [0.4, 0.5) is 0 Å². The summed E-state index contributed by atoms with van der Waals surface area (Å²) in [5.41, 5.74) is 0. The van der Waals surface area contributed by atoms with Crippen molar-refractivity contribution in [3.05, 3.63) is 0 Å². The highest BCUT2D eigenvalue weighted by Gasteiger charge is 2.55. The molecule has 0 bridgehead atoms. The molecule has 0 aromatic rings.